The van der Waals surface area contributed by atoms with Gasteiger partial charge in [-0.2, -0.15) is 0 Å². The number of hydrogen-bond acceptors (Lipinski definition) is 2. The Bertz CT molecular complexity index is 352. The van der Waals surface area contributed by atoms with Crippen molar-refractivity contribution in [2.75, 3.05) is 13.1 Å². The lowest BCUT2D eigenvalue weighted by Crippen LogP contribution is -2.24. The molecular formula is C14H20BrNO. The van der Waals surface area contributed by atoms with E-state index in [-0.39, 0.29) is 5.78 Å². The lowest BCUT2D eigenvalue weighted by Gasteiger charge is -2.04. The Balaban J connectivity index is 2.21. The average Bonchev–Trinajstić information content (AvgIpc) is 2.33. The molecule has 0 aromatic heterocycles. The standard InChI is InChI=1S/C14H20BrNO/c1-2-3-4-5-9-16-11-14(17)12-7-6-8-13(15)10-12/h6-8,10,16H,2-5,9,11H2,1H3. The zero-order valence-electron chi connectivity index (χ0n) is 10.3. The van der Waals surface area contributed by atoms with E-state index in [1.165, 1.54) is 19.3 Å². The lowest BCUT2D eigenvalue weighted by molar-refractivity contribution is 0.0991. The Labute approximate surface area is 112 Å². The fourth-order valence-electron chi connectivity index (χ4n) is 1.64. The molecule has 0 amide bonds. The van der Waals surface area contributed by atoms with Gasteiger partial charge in [-0.05, 0) is 25.1 Å². The van der Waals surface area contributed by atoms with Crippen molar-refractivity contribution in [1.29, 1.82) is 0 Å². The second-order valence-corrected chi connectivity index (χ2v) is 5.09. The largest absolute Gasteiger partial charge is 0.310 e. The molecule has 1 aromatic rings. The molecule has 1 rings (SSSR count). The van der Waals surface area contributed by atoms with Gasteiger partial charge >= 0.3 is 0 Å². The minimum Gasteiger partial charge on any atom is -0.310 e. The van der Waals surface area contributed by atoms with Gasteiger partial charge in [0.05, 0.1) is 6.54 Å². The van der Waals surface area contributed by atoms with Crippen LogP contribution in [0.1, 0.15) is 43.0 Å². The van der Waals surface area contributed by atoms with Gasteiger partial charge in [-0.3, -0.25) is 4.79 Å². The summed E-state index contributed by atoms with van der Waals surface area (Å²) in [4.78, 5) is 11.8. The third kappa shape index (κ3) is 5.99. The van der Waals surface area contributed by atoms with Crippen molar-refractivity contribution in [3.05, 3.63) is 34.3 Å². The van der Waals surface area contributed by atoms with Crippen LogP contribution in [0.2, 0.25) is 0 Å². The molecule has 0 bridgehead atoms. The zero-order chi connectivity index (χ0) is 12.5. The minimum atomic E-state index is 0.154. The molecule has 2 nitrogen and oxygen atoms in total. The monoisotopic (exact) mass is 297 g/mol. The van der Waals surface area contributed by atoms with Crippen molar-refractivity contribution in [3.8, 4) is 0 Å². The Hall–Kier alpha value is -0.670. The first kappa shape index (κ1) is 14.4. The second-order valence-electron chi connectivity index (χ2n) is 4.17. The maximum Gasteiger partial charge on any atom is 0.176 e. The molecule has 0 radical (unpaired) electrons. The number of unbranched alkanes of at least 4 members (excludes halogenated alkanes) is 3. The summed E-state index contributed by atoms with van der Waals surface area (Å²) < 4.78 is 0.950. The summed E-state index contributed by atoms with van der Waals surface area (Å²) in [6.45, 7) is 3.56. The predicted molar refractivity (Wildman–Crippen MR) is 75.5 cm³/mol. The fourth-order valence-corrected chi connectivity index (χ4v) is 2.04. The van der Waals surface area contributed by atoms with Gasteiger partial charge < -0.3 is 5.32 Å². The molecule has 0 aliphatic rings. The molecule has 17 heavy (non-hydrogen) atoms. The van der Waals surface area contributed by atoms with E-state index in [0.717, 1.165) is 23.0 Å². The van der Waals surface area contributed by atoms with Crippen molar-refractivity contribution < 1.29 is 4.79 Å². The number of Topliss-reactive ketones (excluding diaryl/α,β-unsaturated/α-hetero) is 1. The number of rotatable bonds is 8. The van der Waals surface area contributed by atoms with Crippen LogP contribution in [0, 0.1) is 0 Å². The summed E-state index contributed by atoms with van der Waals surface area (Å²) in [5.74, 6) is 0.154. The van der Waals surface area contributed by atoms with Gasteiger partial charge in [-0.15, -0.1) is 0 Å². The molecular weight excluding hydrogens is 278 g/mol. The molecule has 0 aliphatic carbocycles. The van der Waals surface area contributed by atoms with E-state index < -0.39 is 0 Å². The summed E-state index contributed by atoms with van der Waals surface area (Å²) in [6, 6.07) is 7.53. The van der Waals surface area contributed by atoms with E-state index >= 15 is 0 Å². The van der Waals surface area contributed by atoms with E-state index in [4.69, 9.17) is 0 Å². The van der Waals surface area contributed by atoms with Crippen molar-refractivity contribution >= 4 is 21.7 Å². The van der Waals surface area contributed by atoms with Crippen LogP contribution < -0.4 is 5.32 Å². The molecule has 0 unspecified atom stereocenters. The Morgan fingerprint density at radius 3 is 2.82 bits per heavy atom. The number of carbonyl (C=O) groups is 1. The lowest BCUT2D eigenvalue weighted by atomic mass is 10.1. The van der Waals surface area contributed by atoms with Crippen LogP contribution in [-0.4, -0.2) is 18.9 Å². The van der Waals surface area contributed by atoms with E-state index in [9.17, 15) is 4.79 Å². The maximum absolute atomic E-state index is 11.8. The molecule has 0 saturated carbocycles. The van der Waals surface area contributed by atoms with Gasteiger partial charge in [0.1, 0.15) is 0 Å². The first-order valence-electron chi connectivity index (χ1n) is 6.23. The topological polar surface area (TPSA) is 29.1 Å². The van der Waals surface area contributed by atoms with Crippen LogP contribution in [0.3, 0.4) is 0 Å². The predicted octanol–water partition coefficient (Wildman–Crippen LogP) is 3.80. The van der Waals surface area contributed by atoms with Crippen LogP contribution >= 0.6 is 15.9 Å². The summed E-state index contributed by atoms with van der Waals surface area (Å²) in [6.07, 6.45) is 4.92. The molecule has 0 fully saturated rings. The Morgan fingerprint density at radius 2 is 2.12 bits per heavy atom. The summed E-state index contributed by atoms with van der Waals surface area (Å²) in [7, 11) is 0. The normalized spacial score (nSPS) is 10.5. The molecule has 3 heteroatoms. The Kier molecular flexibility index (Phi) is 7.13. The van der Waals surface area contributed by atoms with Crippen molar-refractivity contribution in [2.24, 2.45) is 0 Å². The van der Waals surface area contributed by atoms with Crippen LogP contribution in [0.15, 0.2) is 28.7 Å². The molecule has 94 valence electrons. The minimum absolute atomic E-state index is 0.154. The highest BCUT2D eigenvalue weighted by Crippen LogP contribution is 2.11. The molecule has 0 aliphatic heterocycles. The zero-order valence-corrected chi connectivity index (χ0v) is 11.9. The summed E-state index contributed by atoms with van der Waals surface area (Å²) in [5.41, 5.74) is 0.764. The summed E-state index contributed by atoms with van der Waals surface area (Å²) in [5, 5.41) is 3.20. The van der Waals surface area contributed by atoms with Gasteiger partial charge in [0.15, 0.2) is 5.78 Å². The third-order valence-corrected chi connectivity index (χ3v) is 3.13. The number of nitrogens with one attached hydrogen (secondary N) is 1. The van der Waals surface area contributed by atoms with Crippen LogP contribution in [0.25, 0.3) is 0 Å². The van der Waals surface area contributed by atoms with Crippen molar-refractivity contribution in [2.45, 2.75) is 32.6 Å². The third-order valence-electron chi connectivity index (χ3n) is 2.64. The summed E-state index contributed by atoms with van der Waals surface area (Å²) >= 11 is 3.37. The van der Waals surface area contributed by atoms with E-state index in [1.54, 1.807) is 0 Å². The van der Waals surface area contributed by atoms with Gasteiger partial charge in [0.2, 0.25) is 0 Å². The maximum atomic E-state index is 11.8. The van der Waals surface area contributed by atoms with Gasteiger partial charge in [-0.25, -0.2) is 0 Å². The average molecular weight is 298 g/mol. The molecule has 1 aromatic carbocycles. The van der Waals surface area contributed by atoms with Gasteiger partial charge in [0.25, 0.3) is 0 Å². The number of ketones is 1. The van der Waals surface area contributed by atoms with Gasteiger partial charge in [-0.1, -0.05) is 54.2 Å². The molecule has 0 saturated heterocycles. The number of halogens is 1. The quantitative estimate of drug-likeness (QED) is 0.584. The second kappa shape index (κ2) is 8.43. The number of carbonyl (C=O) groups excluding carboxylic acids is 1. The smallest absolute Gasteiger partial charge is 0.176 e. The first-order valence-corrected chi connectivity index (χ1v) is 7.03. The number of hydrogen-bond donors (Lipinski definition) is 1. The molecule has 0 spiro atoms. The van der Waals surface area contributed by atoms with Crippen molar-refractivity contribution in [3.63, 3.8) is 0 Å². The highest BCUT2D eigenvalue weighted by atomic mass is 79.9. The number of benzene rings is 1. The van der Waals surface area contributed by atoms with Crippen molar-refractivity contribution in [1.82, 2.24) is 5.32 Å². The van der Waals surface area contributed by atoms with E-state index in [2.05, 4.69) is 28.2 Å². The SMILES string of the molecule is CCCCCCNCC(=O)c1cccc(Br)c1. The molecule has 0 heterocycles. The highest BCUT2D eigenvalue weighted by Gasteiger charge is 2.04. The Morgan fingerprint density at radius 1 is 1.29 bits per heavy atom. The van der Waals surface area contributed by atoms with E-state index in [1.807, 2.05) is 24.3 Å². The molecule has 1 N–H and O–H groups in total. The van der Waals surface area contributed by atoms with Crippen LogP contribution in [0.5, 0.6) is 0 Å². The fraction of sp³-hybridized carbons (Fsp3) is 0.500. The van der Waals surface area contributed by atoms with Crippen LogP contribution in [-0.2, 0) is 0 Å². The van der Waals surface area contributed by atoms with E-state index in [0.29, 0.717) is 6.54 Å². The van der Waals surface area contributed by atoms with Crippen LogP contribution in [0.4, 0.5) is 0 Å². The highest BCUT2D eigenvalue weighted by molar-refractivity contribution is 9.10. The molecule has 0 atom stereocenters. The van der Waals surface area contributed by atoms with Gasteiger partial charge in [0, 0.05) is 10.0 Å². The first-order chi connectivity index (χ1) is 8.24.